The monoisotopic (exact) mass is 360 g/mol. The van der Waals surface area contributed by atoms with E-state index in [9.17, 15) is 18.0 Å². The van der Waals surface area contributed by atoms with Crippen molar-refractivity contribution in [2.75, 3.05) is 5.32 Å². The van der Waals surface area contributed by atoms with Crippen LogP contribution in [0.5, 0.6) is 0 Å². The van der Waals surface area contributed by atoms with E-state index in [4.69, 9.17) is 0 Å². The van der Waals surface area contributed by atoms with E-state index >= 15 is 0 Å². The third-order valence-corrected chi connectivity index (χ3v) is 3.63. The zero-order valence-electron chi connectivity index (χ0n) is 14.0. The Bertz CT molecular complexity index is 929. The van der Waals surface area contributed by atoms with Crippen LogP contribution in [0.25, 0.3) is 5.82 Å². The zero-order chi connectivity index (χ0) is 18.9. The normalized spacial score (nSPS) is 11.4. The van der Waals surface area contributed by atoms with Crippen LogP contribution in [0.1, 0.15) is 27.2 Å². The van der Waals surface area contributed by atoms with E-state index < -0.39 is 23.3 Å². The number of nitrogens with one attached hydrogen (secondary N) is 1. The number of carbonyl (C=O) groups excluding carboxylic acids is 1. The topological polar surface area (TPSA) is 59.8 Å². The summed E-state index contributed by atoms with van der Waals surface area (Å²) in [6.45, 7) is 3.67. The van der Waals surface area contributed by atoms with Crippen LogP contribution in [0.2, 0.25) is 0 Å². The molecule has 0 aliphatic rings. The smallest absolute Gasteiger partial charge is 0.322 e. The van der Waals surface area contributed by atoms with Gasteiger partial charge in [0.1, 0.15) is 0 Å². The van der Waals surface area contributed by atoms with Crippen molar-refractivity contribution in [2.24, 2.45) is 0 Å². The number of anilines is 1. The lowest BCUT2D eigenvalue weighted by molar-refractivity contribution is -0.143. The van der Waals surface area contributed by atoms with E-state index in [0.717, 1.165) is 17.3 Å². The van der Waals surface area contributed by atoms with Crippen molar-refractivity contribution in [2.45, 2.75) is 20.0 Å². The quantitative estimate of drug-likeness (QED) is 0.763. The van der Waals surface area contributed by atoms with Gasteiger partial charge in [-0.2, -0.15) is 18.3 Å². The highest BCUT2D eigenvalue weighted by atomic mass is 19.4. The lowest BCUT2D eigenvalue weighted by Gasteiger charge is -2.12. The number of aromatic nitrogens is 3. The molecule has 2 aromatic heterocycles. The first-order valence-electron chi connectivity index (χ1n) is 7.72. The second kappa shape index (κ2) is 6.62. The molecule has 0 saturated heterocycles. The van der Waals surface area contributed by atoms with Gasteiger partial charge in [0.25, 0.3) is 5.91 Å². The fourth-order valence-corrected chi connectivity index (χ4v) is 2.69. The minimum Gasteiger partial charge on any atom is -0.322 e. The Balaban J connectivity index is 2.02. The molecule has 1 N–H and O–H groups in total. The molecule has 26 heavy (non-hydrogen) atoms. The fourth-order valence-electron chi connectivity index (χ4n) is 2.69. The Morgan fingerprint density at radius 1 is 1.12 bits per heavy atom. The first kappa shape index (κ1) is 17.7. The average Bonchev–Trinajstić information content (AvgIpc) is 3.00. The van der Waals surface area contributed by atoms with E-state index in [-0.39, 0.29) is 5.82 Å². The number of amides is 1. The summed E-state index contributed by atoms with van der Waals surface area (Å²) < 4.78 is 41.4. The number of carbonyl (C=O) groups is 1. The highest BCUT2D eigenvalue weighted by Gasteiger charge is 2.40. The Hall–Kier alpha value is -3.16. The van der Waals surface area contributed by atoms with Crippen LogP contribution in [0.4, 0.5) is 18.9 Å². The molecule has 0 spiro atoms. The number of benzene rings is 1. The maximum absolute atomic E-state index is 13.6. The first-order valence-corrected chi connectivity index (χ1v) is 7.72. The molecule has 0 bridgehead atoms. The second-order valence-electron chi connectivity index (χ2n) is 5.83. The average molecular weight is 360 g/mol. The van der Waals surface area contributed by atoms with Crippen molar-refractivity contribution < 1.29 is 18.0 Å². The highest BCUT2D eigenvalue weighted by Crippen LogP contribution is 2.33. The summed E-state index contributed by atoms with van der Waals surface area (Å²) in [5.74, 6) is -0.908. The van der Waals surface area contributed by atoms with Crippen molar-refractivity contribution in [1.82, 2.24) is 14.8 Å². The Morgan fingerprint density at radius 3 is 2.38 bits per heavy atom. The molecule has 0 saturated carbocycles. The molecule has 2 heterocycles. The summed E-state index contributed by atoms with van der Waals surface area (Å²) in [7, 11) is 0. The summed E-state index contributed by atoms with van der Waals surface area (Å²) in [4.78, 5) is 16.3. The van der Waals surface area contributed by atoms with Gasteiger partial charge in [0.2, 0.25) is 0 Å². The van der Waals surface area contributed by atoms with Crippen molar-refractivity contribution in [1.29, 1.82) is 0 Å². The third-order valence-electron chi connectivity index (χ3n) is 3.63. The van der Waals surface area contributed by atoms with Gasteiger partial charge < -0.3 is 5.32 Å². The molecule has 3 rings (SSSR count). The number of nitrogens with zero attached hydrogens (tertiary/aromatic N) is 3. The number of hydrogen-bond donors (Lipinski definition) is 1. The van der Waals surface area contributed by atoms with Crippen LogP contribution in [0, 0.1) is 13.8 Å². The summed E-state index contributed by atoms with van der Waals surface area (Å²) in [5, 5.41) is 6.23. The highest BCUT2D eigenvalue weighted by molar-refractivity contribution is 6.05. The summed E-state index contributed by atoms with van der Waals surface area (Å²) >= 11 is 0. The number of aryl methyl sites for hydroxylation is 2. The Labute approximate surface area is 147 Å². The summed E-state index contributed by atoms with van der Waals surface area (Å²) in [6.07, 6.45) is -2.52. The SMILES string of the molecule is Cc1cc(C)cc(NC(=O)c2cnn(-c3ccccn3)c2C(F)(F)F)c1. The lowest BCUT2D eigenvalue weighted by Crippen LogP contribution is -2.21. The van der Waals surface area contributed by atoms with Gasteiger partial charge in [-0.1, -0.05) is 12.1 Å². The zero-order valence-corrected chi connectivity index (χ0v) is 14.0. The van der Waals surface area contributed by atoms with Crippen LogP contribution in [0.15, 0.2) is 48.8 Å². The van der Waals surface area contributed by atoms with E-state index in [1.54, 1.807) is 24.3 Å². The number of halogens is 3. The molecule has 1 aromatic carbocycles. The number of pyridine rings is 1. The maximum atomic E-state index is 13.6. The predicted octanol–water partition coefficient (Wildman–Crippen LogP) is 4.16. The number of hydrogen-bond acceptors (Lipinski definition) is 3. The largest absolute Gasteiger partial charge is 0.434 e. The molecule has 1 amide bonds. The van der Waals surface area contributed by atoms with Gasteiger partial charge in [0.15, 0.2) is 11.5 Å². The van der Waals surface area contributed by atoms with Crippen LogP contribution in [0.3, 0.4) is 0 Å². The van der Waals surface area contributed by atoms with Crippen LogP contribution in [-0.4, -0.2) is 20.7 Å². The second-order valence-corrected chi connectivity index (χ2v) is 5.83. The number of rotatable bonds is 3. The molecule has 0 aliphatic heterocycles. The van der Waals surface area contributed by atoms with Crippen molar-refractivity contribution in [3.8, 4) is 5.82 Å². The van der Waals surface area contributed by atoms with Gasteiger partial charge in [0.05, 0.1) is 11.8 Å². The first-order chi connectivity index (χ1) is 12.3. The molecule has 0 fully saturated rings. The maximum Gasteiger partial charge on any atom is 0.434 e. The Kier molecular flexibility index (Phi) is 4.50. The third kappa shape index (κ3) is 3.58. The van der Waals surface area contributed by atoms with Crippen molar-refractivity contribution >= 4 is 11.6 Å². The van der Waals surface area contributed by atoms with Gasteiger partial charge in [-0.3, -0.25) is 4.79 Å². The molecule has 134 valence electrons. The fraction of sp³-hybridized carbons (Fsp3) is 0.167. The molecule has 0 unspecified atom stereocenters. The molecule has 3 aromatic rings. The molecule has 5 nitrogen and oxygen atoms in total. The van der Waals surface area contributed by atoms with Crippen LogP contribution >= 0.6 is 0 Å². The molecule has 0 radical (unpaired) electrons. The number of alkyl halides is 3. The van der Waals surface area contributed by atoms with Gasteiger partial charge in [-0.05, 0) is 49.2 Å². The van der Waals surface area contributed by atoms with E-state index in [0.29, 0.717) is 10.4 Å². The molecule has 8 heteroatoms. The lowest BCUT2D eigenvalue weighted by atomic mass is 10.1. The molecule has 0 atom stereocenters. The van der Waals surface area contributed by atoms with Gasteiger partial charge in [0, 0.05) is 11.9 Å². The summed E-state index contributed by atoms with van der Waals surface area (Å²) in [6, 6.07) is 9.76. The van der Waals surface area contributed by atoms with E-state index in [1.807, 2.05) is 19.9 Å². The van der Waals surface area contributed by atoms with E-state index in [2.05, 4.69) is 15.4 Å². The van der Waals surface area contributed by atoms with Crippen molar-refractivity contribution in [3.63, 3.8) is 0 Å². The summed E-state index contributed by atoms with van der Waals surface area (Å²) in [5.41, 5.74) is 0.465. The minimum absolute atomic E-state index is 0.0229. The van der Waals surface area contributed by atoms with Gasteiger partial charge in [-0.25, -0.2) is 9.67 Å². The Morgan fingerprint density at radius 2 is 1.81 bits per heavy atom. The standard InChI is InChI=1S/C18H15F3N4O/c1-11-7-12(2)9-13(8-11)24-17(26)14-10-23-25(16(14)18(19,20)21)15-5-3-4-6-22-15/h3-10H,1-2H3,(H,24,26). The van der Waals surface area contributed by atoms with Crippen LogP contribution in [-0.2, 0) is 6.18 Å². The molecule has 0 aliphatic carbocycles. The van der Waals surface area contributed by atoms with E-state index in [1.165, 1.54) is 12.3 Å². The van der Waals surface area contributed by atoms with Gasteiger partial charge in [-0.15, -0.1) is 0 Å². The minimum atomic E-state index is -4.77. The van der Waals surface area contributed by atoms with Crippen molar-refractivity contribution in [3.05, 3.63) is 71.2 Å². The van der Waals surface area contributed by atoms with Gasteiger partial charge >= 0.3 is 6.18 Å². The van der Waals surface area contributed by atoms with Crippen LogP contribution < -0.4 is 5.32 Å². The molecular formula is C18H15F3N4O. The predicted molar refractivity (Wildman–Crippen MR) is 90.2 cm³/mol. The molecular weight excluding hydrogens is 345 g/mol.